The minimum atomic E-state index is -0.505. The number of aryl methyl sites for hydroxylation is 6. The van der Waals surface area contributed by atoms with Gasteiger partial charge in [0.05, 0.1) is 0 Å². The molecule has 0 aliphatic carbocycles. The highest BCUT2D eigenvalue weighted by atomic mass is 32.7. The summed E-state index contributed by atoms with van der Waals surface area (Å²) in [6.07, 6.45) is 0. The third-order valence-corrected chi connectivity index (χ3v) is 11.7. The van der Waals surface area contributed by atoms with Crippen LogP contribution in [0.2, 0.25) is 0 Å². The molecule has 0 fully saturated rings. The van der Waals surface area contributed by atoms with Gasteiger partial charge in [0.2, 0.25) is 0 Å². The summed E-state index contributed by atoms with van der Waals surface area (Å²) in [6, 6.07) is 23.2. The molecule has 3 heteroatoms. The summed E-state index contributed by atoms with van der Waals surface area (Å²) < 4.78 is 0. The Labute approximate surface area is 192 Å². The van der Waals surface area contributed by atoms with Crippen LogP contribution in [-0.4, -0.2) is 5.99 Å². The van der Waals surface area contributed by atoms with Crippen LogP contribution in [0.15, 0.2) is 60.7 Å². The van der Waals surface area contributed by atoms with Crippen molar-refractivity contribution in [2.75, 3.05) is 0 Å². The maximum Gasteiger partial charge on any atom is 0.282 e. The molecule has 5 rings (SSSR count). The van der Waals surface area contributed by atoms with Crippen molar-refractivity contribution in [3.05, 3.63) is 94.0 Å². The molecule has 1 aliphatic rings. The van der Waals surface area contributed by atoms with Gasteiger partial charge in [0.15, 0.2) is 0 Å². The van der Waals surface area contributed by atoms with Crippen LogP contribution in [0.25, 0.3) is 10.8 Å². The average Bonchev–Trinajstić information content (AvgIpc) is 2.69. The second kappa shape index (κ2) is 7.84. The molecule has 31 heavy (non-hydrogen) atoms. The van der Waals surface area contributed by atoms with Gasteiger partial charge < -0.3 is 0 Å². The molecule has 0 spiro atoms. The maximum absolute atomic E-state index is 2.38. The highest BCUT2D eigenvalue weighted by molar-refractivity contribution is 8.73. The summed E-state index contributed by atoms with van der Waals surface area (Å²) in [5.41, 5.74) is 11.4. The van der Waals surface area contributed by atoms with E-state index in [1.54, 1.807) is 5.30 Å². The van der Waals surface area contributed by atoms with Crippen LogP contribution in [0.4, 0.5) is 0 Å². The average molecular weight is 438 g/mol. The third kappa shape index (κ3) is 3.45. The molecule has 0 saturated heterocycles. The molecular weight excluding hydrogens is 410 g/mol. The summed E-state index contributed by atoms with van der Waals surface area (Å²) in [4.78, 5) is 0. The zero-order valence-corrected chi connectivity index (χ0v) is 20.9. The first-order valence-corrected chi connectivity index (χ1v) is 13.8. The van der Waals surface area contributed by atoms with E-state index >= 15 is 0 Å². The van der Waals surface area contributed by atoms with Crippen LogP contribution in [-0.2, 0) is 0 Å². The van der Waals surface area contributed by atoms with E-state index in [4.69, 9.17) is 0 Å². The van der Waals surface area contributed by atoms with Crippen molar-refractivity contribution in [1.82, 2.24) is 0 Å². The molecule has 1 unspecified atom stereocenters. The number of benzene rings is 4. The van der Waals surface area contributed by atoms with Crippen molar-refractivity contribution in [2.45, 2.75) is 41.5 Å². The van der Waals surface area contributed by atoms with E-state index in [0.29, 0.717) is 5.99 Å². The van der Waals surface area contributed by atoms with Crippen LogP contribution in [0.5, 0.6) is 0 Å². The van der Waals surface area contributed by atoms with Crippen LogP contribution in [0.1, 0.15) is 33.4 Å². The van der Waals surface area contributed by atoms with E-state index in [9.17, 15) is 0 Å². The molecule has 0 radical (unpaired) electrons. The summed E-state index contributed by atoms with van der Waals surface area (Å²) in [6.45, 7) is 13.6. The molecule has 0 N–H and O–H groups in total. The van der Waals surface area contributed by atoms with Gasteiger partial charge in [-0.05, 0) is 74.1 Å². The molecule has 0 nitrogen and oxygen atoms in total. The number of rotatable bonds is 2. The van der Waals surface area contributed by atoms with E-state index in [2.05, 4.69) is 113 Å². The Kier molecular flexibility index (Phi) is 5.28. The van der Waals surface area contributed by atoms with Gasteiger partial charge in [-0.25, -0.2) is 0 Å². The number of hydrogen-bond donors (Lipinski definition) is 0. The van der Waals surface area contributed by atoms with Crippen LogP contribution < -0.4 is 21.5 Å². The van der Waals surface area contributed by atoms with E-state index in [0.717, 1.165) is 0 Å². The fourth-order valence-corrected chi connectivity index (χ4v) is 11.6. The maximum atomic E-state index is 2.38. The summed E-state index contributed by atoms with van der Waals surface area (Å²) in [7, 11) is -0.505. The lowest BCUT2D eigenvalue weighted by atomic mass is 9.57. The van der Waals surface area contributed by atoms with Gasteiger partial charge in [-0.15, -0.1) is 0 Å². The summed E-state index contributed by atoms with van der Waals surface area (Å²) in [5, 5.41) is 5.94. The fraction of sp³-hybridized carbons (Fsp3) is 0.214. The Bertz CT molecular complexity index is 1200. The topological polar surface area (TPSA) is 0 Å². The Balaban J connectivity index is 1.82. The molecule has 0 aromatic heterocycles. The molecule has 154 valence electrons. The van der Waals surface area contributed by atoms with Gasteiger partial charge in [0.1, 0.15) is 0 Å². The first-order chi connectivity index (χ1) is 14.8. The lowest BCUT2D eigenvalue weighted by Crippen LogP contribution is -2.46. The van der Waals surface area contributed by atoms with Crippen LogP contribution in [0.3, 0.4) is 0 Å². The van der Waals surface area contributed by atoms with Gasteiger partial charge >= 0.3 is 0 Å². The second-order valence-corrected chi connectivity index (χ2v) is 13.0. The van der Waals surface area contributed by atoms with Crippen molar-refractivity contribution in [3.63, 3.8) is 0 Å². The summed E-state index contributed by atoms with van der Waals surface area (Å²) >= 11 is 2.19. The van der Waals surface area contributed by atoms with E-state index in [-0.39, 0.29) is 0 Å². The van der Waals surface area contributed by atoms with Gasteiger partial charge in [0, 0.05) is 7.12 Å². The lowest BCUT2D eigenvalue weighted by molar-refractivity contribution is 1.35. The van der Waals surface area contributed by atoms with Crippen molar-refractivity contribution in [3.8, 4) is 0 Å². The third-order valence-electron chi connectivity index (χ3n) is 6.47. The first-order valence-electron chi connectivity index (χ1n) is 11.0. The molecule has 0 amide bonds. The van der Waals surface area contributed by atoms with Gasteiger partial charge in [-0.2, -0.15) is 11.2 Å². The molecule has 0 saturated carbocycles. The fourth-order valence-electron chi connectivity index (χ4n) is 5.44. The smallest absolute Gasteiger partial charge is 0.161 e. The summed E-state index contributed by atoms with van der Waals surface area (Å²) in [5.74, 6) is 0.366. The first kappa shape index (κ1) is 20.9. The Morgan fingerprint density at radius 3 is 1.84 bits per heavy atom. The van der Waals surface area contributed by atoms with E-state index in [1.165, 1.54) is 60.4 Å². The monoisotopic (exact) mass is 438 g/mol. The van der Waals surface area contributed by atoms with Gasteiger partial charge in [-0.3, -0.25) is 0 Å². The van der Waals surface area contributed by atoms with Crippen molar-refractivity contribution in [1.29, 1.82) is 0 Å². The predicted molar refractivity (Wildman–Crippen MR) is 144 cm³/mol. The van der Waals surface area contributed by atoms with Gasteiger partial charge in [0.25, 0.3) is 5.99 Å². The second-order valence-electron chi connectivity index (χ2n) is 9.06. The highest BCUT2D eigenvalue weighted by Crippen LogP contribution is 2.54. The Morgan fingerprint density at radius 2 is 1.23 bits per heavy atom. The Hall–Kier alpha value is -2.02. The zero-order chi connectivity index (χ0) is 21.9. The van der Waals surface area contributed by atoms with Crippen molar-refractivity contribution < 1.29 is 0 Å². The highest BCUT2D eigenvalue weighted by Gasteiger charge is 2.36. The minimum Gasteiger partial charge on any atom is -0.161 e. The van der Waals surface area contributed by atoms with Gasteiger partial charge in [-0.1, -0.05) is 93.8 Å². The molecule has 0 bridgehead atoms. The molecular formula is C28H28BPS. The number of hydrogen-bond acceptors (Lipinski definition) is 1. The lowest BCUT2D eigenvalue weighted by Gasteiger charge is -2.33. The van der Waals surface area contributed by atoms with Crippen LogP contribution in [0, 0.1) is 41.5 Å². The zero-order valence-electron chi connectivity index (χ0n) is 19.2. The quantitative estimate of drug-likeness (QED) is 0.278. The minimum absolute atomic E-state index is 0.366. The van der Waals surface area contributed by atoms with Crippen molar-refractivity contribution in [2.24, 2.45) is 0 Å². The Morgan fingerprint density at radius 1 is 0.677 bits per heavy atom. The van der Waals surface area contributed by atoms with Crippen LogP contribution >= 0.6 is 18.4 Å². The predicted octanol–water partition coefficient (Wildman–Crippen LogP) is 5.89. The molecule has 1 atom stereocenters. The molecule has 4 aromatic carbocycles. The SMILES string of the molecule is Cc1cc(C)c(B2SP(c3c(C)cc(C)cc3C)c3cccc4cccc2c34)c(C)c1. The standard InChI is InChI=1S/C28H28BPS/c1-17-13-19(3)27(20(4)14-17)29-24-11-7-9-23-10-8-12-25(26(23)24)30(31-29)28-21(5)15-18(2)16-22(28)6/h7-16H,1-6H3. The molecule has 1 heterocycles. The molecule has 4 aromatic rings. The largest absolute Gasteiger partial charge is 0.282 e. The van der Waals surface area contributed by atoms with Crippen molar-refractivity contribution >= 4 is 56.7 Å². The normalized spacial score (nSPS) is 15.5. The molecule has 1 aliphatic heterocycles. The van der Waals surface area contributed by atoms with E-state index in [1.807, 2.05) is 0 Å². The van der Waals surface area contributed by atoms with E-state index < -0.39 is 7.12 Å².